The van der Waals surface area contributed by atoms with Gasteiger partial charge in [0.25, 0.3) is 0 Å². The van der Waals surface area contributed by atoms with Gasteiger partial charge in [-0.1, -0.05) is 49.6 Å². The van der Waals surface area contributed by atoms with Crippen LogP contribution in [0.4, 0.5) is 4.79 Å². The van der Waals surface area contributed by atoms with Crippen LogP contribution < -0.4 is 10.6 Å². The van der Waals surface area contributed by atoms with E-state index < -0.39 is 29.7 Å². The second kappa shape index (κ2) is 17.1. The summed E-state index contributed by atoms with van der Waals surface area (Å²) in [6, 6.07) is 9.76. The number of thioether (sulfide) groups is 1. The van der Waals surface area contributed by atoms with Crippen LogP contribution >= 0.6 is 11.8 Å². The topological polar surface area (TPSA) is 111 Å². The number of rotatable bonds is 13. The first-order chi connectivity index (χ1) is 20.0. The molecule has 1 saturated carbocycles. The van der Waals surface area contributed by atoms with E-state index in [0.29, 0.717) is 11.7 Å². The van der Waals surface area contributed by atoms with Crippen LogP contribution in [-0.2, 0) is 20.9 Å². The molecule has 9 nitrogen and oxygen atoms in total. The van der Waals surface area contributed by atoms with Gasteiger partial charge in [0.2, 0.25) is 11.8 Å². The first-order valence-corrected chi connectivity index (χ1v) is 16.7. The van der Waals surface area contributed by atoms with Crippen molar-refractivity contribution in [1.29, 1.82) is 0 Å². The molecule has 0 spiro atoms. The summed E-state index contributed by atoms with van der Waals surface area (Å²) in [5.74, 6) is 1.48. The third-order valence-corrected chi connectivity index (χ3v) is 8.94. The molecule has 3 rings (SSSR count). The first kappa shape index (κ1) is 34.2. The van der Waals surface area contributed by atoms with Gasteiger partial charge in [-0.05, 0) is 70.6 Å². The molecule has 1 aromatic rings. The van der Waals surface area contributed by atoms with Gasteiger partial charge >= 0.3 is 6.09 Å². The number of likely N-dealkylation sites (tertiary alicyclic amines) is 1. The SMILES string of the molecule is CC(O)CN(CC(=O)N[C@@H](CSCC1CCCCC1)C(=O)NC1CCN(Cc2ccccc2)CC1)C(=O)OC(C)(C)C. The zero-order chi connectivity index (χ0) is 30.5. The van der Waals surface area contributed by atoms with Crippen LogP contribution in [0.25, 0.3) is 0 Å². The van der Waals surface area contributed by atoms with Crippen LogP contribution in [0.15, 0.2) is 30.3 Å². The van der Waals surface area contributed by atoms with E-state index in [9.17, 15) is 19.5 Å². The van der Waals surface area contributed by atoms with Crippen molar-refractivity contribution < 1.29 is 24.2 Å². The third-order valence-electron chi connectivity index (χ3n) is 7.67. The first-order valence-electron chi connectivity index (χ1n) is 15.6. The van der Waals surface area contributed by atoms with Crippen molar-refractivity contribution in [2.45, 2.75) is 103 Å². The molecule has 42 heavy (non-hydrogen) atoms. The number of nitrogens with one attached hydrogen (secondary N) is 2. The van der Waals surface area contributed by atoms with Crippen LogP contribution in [0.1, 0.15) is 78.2 Å². The fourth-order valence-corrected chi connectivity index (χ4v) is 6.80. The molecule has 3 amide bonds. The Morgan fingerprint density at radius 1 is 1.07 bits per heavy atom. The van der Waals surface area contributed by atoms with Crippen molar-refractivity contribution in [2.24, 2.45) is 5.92 Å². The van der Waals surface area contributed by atoms with Crippen LogP contribution in [0.2, 0.25) is 0 Å². The second-order valence-electron chi connectivity index (χ2n) is 12.9. The number of carbonyl (C=O) groups excluding carboxylic acids is 3. The lowest BCUT2D eigenvalue weighted by molar-refractivity contribution is -0.129. The lowest BCUT2D eigenvalue weighted by Gasteiger charge is -2.33. The molecule has 2 fully saturated rings. The van der Waals surface area contributed by atoms with Crippen LogP contribution in [0.5, 0.6) is 0 Å². The predicted molar refractivity (Wildman–Crippen MR) is 168 cm³/mol. The highest BCUT2D eigenvalue weighted by Crippen LogP contribution is 2.27. The Bertz CT molecular complexity index is 973. The minimum Gasteiger partial charge on any atom is -0.444 e. The number of aliphatic hydroxyl groups excluding tert-OH is 1. The summed E-state index contributed by atoms with van der Waals surface area (Å²) >= 11 is 1.72. The van der Waals surface area contributed by atoms with E-state index in [-0.39, 0.29) is 25.0 Å². The molecule has 0 aromatic heterocycles. The smallest absolute Gasteiger partial charge is 0.410 e. The molecule has 1 unspecified atom stereocenters. The van der Waals surface area contributed by atoms with Gasteiger partial charge in [0.1, 0.15) is 18.2 Å². The molecule has 1 saturated heterocycles. The van der Waals surface area contributed by atoms with Crippen molar-refractivity contribution in [3.05, 3.63) is 35.9 Å². The van der Waals surface area contributed by atoms with Crippen LogP contribution in [-0.4, -0.2) is 94.3 Å². The standard InChI is InChI=1S/C32H52N4O5S/c1-24(37)19-36(31(40)41-32(2,3)4)21-29(38)34-28(23-42-22-26-13-9-6-10-14-26)30(39)33-27-15-17-35(18-16-27)20-25-11-7-5-8-12-25/h5,7-8,11-12,24,26-28,37H,6,9-10,13-23H2,1-4H3,(H,33,39)(H,34,38)/t24?,28-/m0/s1. The number of carbonyl (C=O) groups is 3. The van der Waals surface area contributed by atoms with Crippen molar-refractivity contribution in [1.82, 2.24) is 20.4 Å². The Hall–Kier alpha value is -2.30. The summed E-state index contributed by atoms with van der Waals surface area (Å²) in [7, 11) is 0. The van der Waals surface area contributed by atoms with Crippen molar-refractivity contribution in [3.8, 4) is 0 Å². The lowest BCUT2D eigenvalue weighted by Crippen LogP contribution is -2.55. The van der Waals surface area contributed by atoms with Gasteiger partial charge in [0, 0.05) is 31.4 Å². The fourth-order valence-electron chi connectivity index (χ4n) is 5.53. The minimum absolute atomic E-state index is 0.0445. The second-order valence-corrected chi connectivity index (χ2v) is 14.0. The highest BCUT2D eigenvalue weighted by molar-refractivity contribution is 7.99. The number of amides is 3. The third kappa shape index (κ3) is 12.9. The van der Waals surface area contributed by atoms with Crippen molar-refractivity contribution in [2.75, 3.05) is 37.7 Å². The summed E-state index contributed by atoms with van der Waals surface area (Å²) in [6.45, 7) is 9.17. The molecular weight excluding hydrogens is 552 g/mol. The predicted octanol–water partition coefficient (Wildman–Crippen LogP) is 4.18. The number of nitrogens with zero attached hydrogens (tertiary/aromatic N) is 2. The summed E-state index contributed by atoms with van der Waals surface area (Å²) in [6.07, 6.45) is 6.48. The zero-order valence-corrected chi connectivity index (χ0v) is 26.8. The average Bonchev–Trinajstić information content (AvgIpc) is 2.93. The number of ether oxygens (including phenoxy) is 1. The van der Waals surface area contributed by atoms with E-state index >= 15 is 0 Å². The monoisotopic (exact) mass is 604 g/mol. The highest BCUT2D eigenvalue weighted by Gasteiger charge is 2.29. The Kier molecular flexibility index (Phi) is 13.9. The summed E-state index contributed by atoms with van der Waals surface area (Å²) < 4.78 is 5.44. The molecule has 3 N–H and O–H groups in total. The van der Waals surface area contributed by atoms with Crippen molar-refractivity contribution in [3.63, 3.8) is 0 Å². The summed E-state index contributed by atoms with van der Waals surface area (Å²) in [4.78, 5) is 43.0. The molecular formula is C32H52N4O5S. The molecule has 2 atom stereocenters. The quantitative estimate of drug-likeness (QED) is 0.310. The van der Waals surface area contributed by atoms with Gasteiger partial charge in [-0.2, -0.15) is 11.8 Å². The van der Waals surface area contributed by atoms with E-state index in [2.05, 4.69) is 39.8 Å². The number of aliphatic hydroxyl groups is 1. The molecule has 236 valence electrons. The molecule has 2 aliphatic rings. The molecule has 1 aliphatic carbocycles. The van der Waals surface area contributed by atoms with Gasteiger partial charge in [-0.15, -0.1) is 0 Å². The maximum absolute atomic E-state index is 13.5. The summed E-state index contributed by atoms with van der Waals surface area (Å²) in [5.41, 5.74) is 0.549. The number of hydrogen-bond acceptors (Lipinski definition) is 7. The van der Waals surface area contributed by atoms with Gasteiger partial charge in [-0.3, -0.25) is 19.4 Å². The van der Waals surface area contributed by atoms with Crippen LogP contribution in [0.3, 0.4) is 0 Å². The van der Waals surface area contributed by atoms with Crippen molar-refractivity contribution >= 4 is 29.7 Å². The molecule has 1 aromatic carbocycles. The van der Waals surface area contributed by atoms with E-state index in [0.717, 1.165) is 38.2 Å². The molecule has 1 heterocycles. The maximum atomic E-state index is 13.5. The number of benzene rings is 1. The molecule has 10 heteroatoms. The summed E-state index contributed by atoms with van der Waals surface area (Å²) in [5, 5.41) is 16.0. The van der Waals surface area contributed by atoms with Gasteiger partial charge < -0.3 is 20.5 Å². The van der Waals surface area contributed by atoms with Crippen LogP contribution in [0, 0.1) is 5.92 Å². The minimum atomic E-state index is -0.830. The van der Waals surface area contributed by atoms with E-state index in [1.54, 1.807) is 39.5 Å². The maximum Gasteiger partial charge on any atom is 0.410 e. The fraction of sp³-hybridized carbons (Fsp3) is 0.719. The van der Waals surface area contributed by atoms with E-state index in [1.807, 2.05) is 6.07 Å². The Labute approximate surface area is 256 Å². The van der Waals surface area contributed by atoms with Gasteiger partial charge in [0.15, 0.2) is 0 Å². The van der Waals surface area contributed by atoms with E-state index in [1.165, 1.54) is 42.6 Å². The molecule has 1 aliphatic heterocycles. The Balaban J connectivity index is 1.57. The highest BCUT2D eigenvalue weighted by atomic mass is 32.2. The molecule has 0 bridgehead atoms. The normalized spacial score (nSPS) is 18.6. The van der Waals surface area contributed by atoms with Gasteiger partial charge in [-0.25, -0.2) is 4.79 Å². The largest absolute Gasteiger partial charge is 0.444 e. The van der Waals surface area contributed by atoms with Gasteiger partial charge in [0.05, 0.1) is 12.6 Å². The molecule has 0 radical (unpaired) electrons. The Morgan fingerprint density at radius 2 is 1.74 bits per heavy atom. The number of piperidine rings is 1. The lowest BCUT2D eigenvalue weighted by atomic mass is 9.91. The average molecular weight is 605 g/mol. The van der Waals surface area contributed by atoms with E-state index in [4.69, 9.17) is 4.74 Å². The number of hydrogen-bond donors (Lipinski definition) is 3. The zero-order valence-electron chi connectivity index (χ0n) is 26.0. The Morgan fingerprint density at radius 3 is 2.36 bits per heavy atom.